The van der Waals surface area contributed by atoms with Gasteiger partial charge in [0.2, 0.25) is 11.9 Å². The van der Waals surface area contributed by atoms with Crippen LogP contribution in [0.25, 0.3) is 0 Å². The molecule has 4 aromatic rings. The van der Waals surface area contributed by atoms with Crippen molar-refractivity contribution in [3.05, 3.63) is 84.6 Å². The number of benzene rings is 1. The molecule has 10 heteroatoms. The van der Waals surface area contributed by atoms with E-state index in [1.165, 1.54) is 6.20 Å². The summed E-state index contributed by atoms with van der Waals surface area (Å²) >= 11 is 0. The van der Waals surface area contributed by atoms with Crippen LogP contribution in [0.15, 0.2) is 73.2 Å². The molecule has 0 bridgehead atoms. The number of hydrogen-bond acceptors (Lipinski definition) is 9. The number of para-hydroxylation sites is 1. The van der Waals surface area contributed by atoms with Gasteiger partial charge in [-0.3, -0.25) is 9.78 Å². The Hall–Kier alpha value is -4.60. The van der Waals surface area contributed by atoms with Gasteiger partial charge in [-0.1, -0.05) is 25.1 Å². The highest BCUT2D eigenvalue weighted by atomic mass is 16.1. The van der Waals surface area contributed by atoms with Crippen molar-refractivity contribution in [1.82, 2.24) is 24.9 Å². The third-order valence-electron chi connectivity index (χ3n) is 5.86. The third kappa shape index (κ3) is 5.54. The molecular weight excluding hydrogens is 454 g/mol. The Morgan fingerprint density at radius 3 is 2.39 bits per heavy atom. The number of pyridine rings is 2. The summed E-state index contributed by atoms with van der Waals surface area (Å²) in [4.78, 5) is 39.4. The fourth-order valence-electron chi connectivity index (χ4n) is 3.91. The Labute approximate surface area is 209 Å². The lowest BCUT2D eigenvalue weighted by Crippen LogP contribution is -2.47. The molecule has 182 valence electrons. The minimum Gasteiger partial charge on any atom is -0.367 e. The van der Waals surface area contributed by atoms with E-state index in [9.17, 15) is 4.79 Å². The fourth-order valence-corrected chi connectivity index (χ4v) is 3.91. The molecule has 0 atom stereocenters. The first kappa shape index (κ1) is 23.2. The molecule has 1 fully saturated rings. The van der Waals surface area contributed by atoms with E-state index in [2.05, 4.69) is 51.4 Å². The first-order chi connectivity index (χ1) is 17.7. The molecule has 3 aromatic heterocycles. The number of anilines is 5. The van der Waals surface area contributed by atoms with Crippen molar-refractivity contribution in [3.8, 4) is 0 Å². The van der Waals surface area contributed by atoms with Gasteiger partial charge in [0.1, 0.15) is 11.6 Å². The van der Waals surface area contributed by atoms with Gasteiger partial charge in [-0.05, 0) is 36.4 Å². The highest BCUT2D eigenvalue weighted by Gasteiger charge is 2.21. The Balaban J connectivity index is 1.25. The molecule has 0 saturated carbocycles. The number of hydrogen-bond donors (Lipinski definition) is 2. The maximum atomic E-state index is 12.5. The number of amides is 1. The zero-order valence-electron chi connectivity index (χ0n) is 20.0. The predicted octanol–water partition coefficient (Wildman–Crippen LogP) is 3.55. The molecule has 1 amide bonds. The SMILES string of the molecule is CCc1nc(Nc2ccc(C(=O)Nc3ccccc3)cn2)nc(N2CCN(c3cccnc3)CC2)n1. The van der Waals surface area contributed by atoms with Gasteiger partial charge in [0, 0.05) is 50.7 Å². The van der Waals surface area contributed by atoms with E-state index in [-0.39, 0.29) is 5.91 Å². The minimum atomic E-state index is -0.221. The molecule has 1 aromatic carbocycles. The van der Waals surface area contributed by atoms with Crippen molar-refractivity contribution in [3.63, 3.8) is 0 Å². The molecule has 10 nitrogen and oxygen atoms in total. The molecule has 1 saturated heterocycles. The Bertz CT molecular complexity index is 1290. The van der Waals surface area contributed by atoms with Crippen molar-refractivity contribution in [2.75, 3.05) is 46.6 Å². The standard InChI is InChI=1S/C26H27N9O/c1-2-22-30-25(31-23-11-10-19(17-28-23)24(36)29-20-7-4-3-5-8-20)33-26(32-22)35-15-13-34(14-16-35)21-9-6-12-27-18-21/h3-12,17-18H,2,13-16H2,1H3,(H,29,36)(H,28,30,31,32,33). The number of nitrogens with one attached hydrogen (secondary N) is 2. The second-order valence-corrected chi connectivity index (χ2v) is 8.29. The van der Waals surface area contributed by atoms with Crippen LogP contribution in [0.4, 0.5) is 29.1 Å². The largest absolute Gasteiger partial charge is 0.367 e. The Kier molecular flexibility index (Phi) is 6.93. The number of rotatable bonds is 7. The summed E-state index contributed by atoms with van der Waals surface area (Å²) in [5.74, 6) is 2.11. The first-order valence-electron chi connectivity index (χ1n) is 11.9. The van der Waals surface area contributed by atoms with Gasteiger partial charge in [-0.25, -0.2) is 4.98 Å². The zero-order valence-corrected chi connectivity index (χ0v) is 20.0. The summed E-state index contributed by atoms with van der Waals surface area (Å²) in [6, 6.07) is 16.8. The predicted molar refractivity (Wildman–Crippen MR) is 140 cm³/mol. The molecule has 0 spiro atoms. The van der Waals surface area contributed by atoms with E-state index in [0.717, 1.165) is 37.6 Å². The molecule has 1 aliphatic rings. The average molecular weight is 482 g/mol. The van der Waals surface area contributed by atoms with Crippen LogP contribution in [0.2, 0.25) is 0 Å². The number of nitrogens with zero attached hydrogens (tertiary/aromatic N) is 7. The molecule has 2 N–H and O–H groups in total. The molecule has 0 aliphatic carbocycles. The van der Waals surface area contributed by atoms with E-state index in [1.54, 1.807) is 18.3 Å². The van der Waals surface area contributed by atoms with Gasteiger partial charge in [-0.2, -0.15) is 15.0 Å². The summed E-state index contributed by atoms with van der Waals surface area (Å²) in [5.41, 5.74) is 2.31. The van der Waals surface area contributed by atoms with E-state index in [4.69, 9.17) is 0 Å². The minimum absolute atomic E-state index is 0.221. The lowest BCUT2D eigenvalue weighted by atomic mass is 10.2. The van der Waals surface area contributed by atoms with Crippen LogP contribution in [0, 0.1) is 0 Å². The Morgan fingerprint density at radius 2 is 1.69 bits per heavy atom. The number of aryl methyl sites for hydroxylation is 1. The van der Waals surface area contributed by atoms with Crippen molar-refractivity contribution in [2.24, 2.45) is 0 Å². The van der Waals surface area contributed by atoms with Crippen LogP contribution in [0.5, 0.6) is 0 Å². The van der Waals surface area contributed by atoms with Gasteiger partial charge in [0.25, 0.3) is 5.91 Å². The zero-order chi connectivity index (χ0) is 24.7. The maximum absolute atomic E-state index is 12.5. The summed E-state index contributed by atoms with van der Waals surface area (Å²) in [5, 5.41) is 6.01. The van der Waals surface area contributed by atoms with Crippen LogP contribution >= 0.6 is 0 Å². The fraction of sp³-hybridized carbons (Fsp3) is 0.231. The van der Waals surface area contributed by atoms with Crippen molar-refractivity contribution in [2.45, 2.75) is 13.3 Å². The normalized spacial score (nSPS) is 13.4. The molecule has 5 rings (SSSR count). The number of carbonyl (C=O) groups is 1. The summed E-state index contributed by atoms with van der Waals surface area (Å²) in [6.45, 7) is 5.32. The third-order valence-corrected chi connectivity index (χ3v) is 5.86. The maximum Gasteiger partial charge on any atom is 0.257 e. The van der Waals surface area contributed by atoms with Gasteiger partial charge < -0.3 is 20.4 Å². The van der Waals surface area contributed by atoms with Crippen LogP contribution < -0.4 is 20.4 Å². The van der Waals surface area contributed by atoms with E-state index < -0.39 is 0 Å². The van der Waals surface area contributed by atoms with E-state index >= 15 is 0 Å². The van der Waals surface area contributed by atoms with Crippen molar-refractivity contribution < 1.29 is 4.79 Å². The molecule has 1 aliphatic heterocycles. The van der Waals surface area contributed by atoms with Gasteiger partial charge >= 0.3 is 0 Å². The molecular formula is C26H27N9O. The lowest BCUT2D eigenvalue weighted by Gasteiger charge is -2.36. The highest BCUT2D eigenvalue weighted by molar-refractivity contribution is 6.04. The van der Waals surface area contributed by atoms with Crippen LogP contribution in [0.1, 0.15) is 23.1 Å². The van der Waals surface area contributed by atoms with Crippen LogP contribution in [0.3, 0.4) is 0 Å². The highest BCUT2D eigenvalue weighted by Crippen LogP contribution is 2.20. The van der Waals surface area contributed by atoms with Gasteiger partial charge in [0.15, 0.2) is 0 Å². The Morgan fingerprint density at radius 1 is 0.889 bits per heavy atom. The lowest BCUT2D eigenvalue weighted by molar-refractivity contribution is 0.102. The monoisotopic (exact) mass is 481 g/mol. The first-order valence-corrected chi connectivity index (χ1v) is 11.9. The summed E-state index contributed by atoms with van der Waals surface area (Å²) < 4.78 is 0. The van der Waals surface area contributed by atoms with Gasteiger partial charge in [0.05, 0.1) is 17.4 Å². The quantitative estimate of drug-likeness (QED) is 0.409. The van der Waals surface area contributed by atoms with Crippen molar-refractivity contribution in [1.29, 1.82) is 0 Å². The second-order valence-electron chi connectivity index (χ2n) is 8.29. The van der Waals surface area contributed by atoms with Crippen LogP contribution in [-0.4, -0.2) is 57.0 Å². The average Bonchev–Trinajstić information content (AvgIpc) is 2.94. The van der Waals surface area contributed by atoms with E-state index in [0.29, 0.717) is 35.5 Å². The summed E-state index contributed by atoms with van der Waals surface area (Å²) in [7, 11) is 0. The van der Waals surface area contributed by atoms with Gasteiger partial charge in [-0.15, -0.1) is 0 Å². The second kappa shape index (κ2) is 10.8. The number of piperazine rings is 1. The van der Waals surface area contributed by atoms with E-state index in [1.807, 2.05) is 49.5 Å². The van der Waals surface area contributed by atoms with Crippen molar-refractivity contribution >= 4 is 35.0 Å². The smallest absolute Gasteiger partial charge is 0.257 e. The molecule has 36 heavy (non-hydrogen) atoms. The molecule has 0 radical (unpaired) electrons. The topological polar surface area (TPSA) is 112 Å². The van der Waals surface area contributed by atoms with Crippen LogP contribution in [-0.2, 0) is 6.42 Å². The number of aromatic nitrogens is 5. The number of carbonyl (C=O) groups excluding carboxylic acids is 1. The summed E-state index contributed by atoms with van der Waals surface area (Å²) in [6.07, 6.45) is 5.89. The molecule has 4 heterocycles. The molecule has 0 unspecified atom stereocenters.